The van der Waals surface area contributed by atoms with Crippen molar-refractivity contribution in [1.82, 2.24) is 0 Å². The second-order valence-electron chi connectivity index (χ2n) is 3.99. The molecule has 2 rings (SSSR count). The predicted molar refractivity (Wildman–Crippen MR) is 80.1 cm³/mol. The van der Waals surface area contributed by atoms with Crippen molar-refractivity contribution in [3.63, 3.8) is 0 Å². The first-order valence-corrected chi connectivity index (χ1v) is 7.43. The van der Waals surface area contributed by atoms with Gasteiger partial charge in [0.05, 0.1) is 16.7 Å². The lowest BCUT2D eigenvalue weighted by atomic mass is 10.0. The van der Waals surface area contributed by atoms with Crippen LogP contribution in [0.1, 0.15) is 28.4 Å². The van der Waals surface area contributed by atoms with Crippen LogP contribution in [0.5, 0.6) is 5.75 Å². The van der Waals surface area contributed by atoms with Crippen molar-refractivity contribution in [1.29, 1.82) is 0 Å². The normalized spacial score (nSPS) is 10.5. The average molecular weight is 315 g/mol. The molecule has 100 valence electrons. The van der Waals surface area contributed by atoms with Crippen molar-refractivity contribution < 1.29 is 9.53 Å². The molecule has 0 unspecified atom stereocenters. The first-order chi connectivity index (χ1) is 9.04. The maximum atomic E-state index is 12.4. The molecular formula is C14H12Cl2O2S. The number of hydrogen-bond acceptors (Lipinski definition) is 3. The average Bonchev–Trinajstić information content (AvgIpc) is 2.79. The van der Waals surface area contributed by atoms with E-state index in [-0.39, 0.29) is 5.78 Å². The molecule has 0 atom stereocenters. The fraction of sp³-hybridized carbons (Fsp3) is 0.214. The largest absolute Gasteiger partial charge is 0.492 e. The summed E-state index contributed by atoms with van der Waals surface area (Å²) in [6, 6.07) is 3.15. The highest BCUT2D eigenvalue weighted by atomic mass is 35.5. The summed E-state index contributed by atoms with van der Waals surface area (Å²) in [5.41, 5.74) is 2.00. The highest BCUT2D eigenvalue weighted by Gasteiger charge is 2.18. The van der Waals surface area contributed by atoms with E-state index in [1.807, 2.05) is 24.6 Å². The van der Waals surface area contributed by atoms with E-state index >= 15 is 0 Å². The number of ketones is 1. The first kappa shape index (κ1) is 14.4. The third-order valence-electron chi connectivity index (χ3n) is 2.67. The topological polar surface area (TPSA) is 26.3 Å². The molecule has 2 nitrogen and oxygen atoms in total. The monoisotopic (exact) mass is 314 g/mol. The van der Waals surface area contributed by atoms with Gasteiger partial charge in [0.2, 0.25) is 0 Å². The van der Waals surface area contributed by atoms with Gasteiger partial charge < -0.3 is 4.74 Å². The zero-order valence-electron chi connectivity index (χ0n) is 10.5. The van der Waals surface area contributed by atoms with Gasteiger partial charge in [-0.25, -0.2) is 0 Å². The van der Waals surface area contributed by atoms with Crippen molar-refractivity contribution in [3.05, 3.63) is 49.6 Å². The quantitative estimate of drug-likeness (QED) is 0.743. The molecule has 0 spiro atoms. The summed E-state index contributed by atoms with van der Waals surface area (Å²) in [7, 11) is 0. The Morgan fingerprint density at radius 1 is 1.21 bits per heavy atom. The van der Waals surface area contributed by atoms with Crippen molar-refractivity contribution in [3.8, 4) is 5.75 Å². The molecule has 0 aliphatic rings. The van der Waals surface area contributed by atoms with Crippen LogP contribution >= 0.6 is 34.5 Å². The van der Waals surface area contributed by atoms with Gasteiger partial charge in [-0.2, -0.15) is 11.3 Å². The minimum atomic E-state index is -0.117. The fourth-order valence-electron chi connectivity index (χ4n) is 1.71. The van der Waals surface area contributed by atoms with Crippen LogP contribution in [0.15, 0.2) is 22.9 Å². The summed E-state index contributed by atoms with van der Waals surface area (Å²) >= 11 is 13.7. The summed E-state index contributed by atoms with van der Waals surface area (Å²) < 4.78 is 5.34. The molecule has 1 aromatic heterocycles. The SMILES string of the molecule is CCOc1cc(Cl)c(C(=O)c2cscc2C)cc1Cl. The van der Waals surface area contributed by atoms with Gasteiger partial charge in [0.25, 0.3) is 0 Å². The number of benzene rings is 1. The predicted octanol–water partition coefficient (Wildman–Crippen LogP) is 4.99. The molecule has 2 aromatic rings. The minimum Gasteiger partial charge on any atom is -0.492 e. The van der Waals surface area contributed by atoms with Crippen molar-refractivity contribution in [2.24, 2.45) is 0 Å². The Hall–Kier alpha value is -1.03. The van der Waals surface area contributed by atoms with Crippen molar-refractivity contribution >= 4 is 40.3 Å². The van der Waals surface area contributed by atoms with Crippen molar-refractivity contribution in [2.75, 3.05) is 6.61 Å². The molecule has 0 fully saturated rings. The molecule has 0 bridgehead atoms. The van der Waals surface area contributed by atoms with Crippen LogP contribution in [0.3, 0.4) is 0 Å². The Kier molecular flexibility index (Phi) is 4.50. The maximum absolute atomic E-state index is 12.4. The Labute approximate surface area is 125 Å². The highest BCUT2D eigenvalue weighted by Crippen LogP contribution is 2.33. The zero-order chi connectivity index (χ0) is 14.0. The molecule has 0 aliphatic carbocycles. The van der Waals surface area contributed by atoms with Gasteiger partial charge in [0.1, 0.15) is 5.75 Å². The van der Waals surface area contributed by atoms with Gasteiger partial charge in [0, 0.05) is 22.6 Å². The van der Waals surface area contributed by atoms with Crippen molar-refractivity contribution in [2.45, 2.75) is 13.8 Å². The number of ether oxygens (including phenoxy) is 1. The van der Waals surface area contributed by atoms with Crippen LogP contribution in [-0.2, 0) is 0 Å². The van der Waals surface area contributed by atoms with Crippen LogP contribution in [0.2, 0.25) is 10.0 Å². The van der Waals surface area contributed by atoms with E-state index in [2.05, 4.69) is 0 Å². The summed E-state index contributed by atoms with van der Waals surface area (Å²) in [6.07, 6.45) is 0. The van der Waals surface area contributed by atoms with Crippen LogP contribution in [0, 0.1) is 6.92 Å². The number of carbonyl (C=O) groups is 1. The molecule has 0 N–H and O–H groups in total. The molecule has 19 heavy (non-hydrogen) atoms. The number of halogens is 2. The minimum absolute atomic E-state index is 0.117. The number of thiophene rings is 1. The van der Waals surface area contributed by atoms with Crippen LogP contribution in [0.4, 0.5) is 0 Å². The Balaban J connectivity index is 2.44. The third kappa shape index (κ3) is 2.94. The summed E-state index contributed by atoms with van der Waals surface area (Å²) in [6.45, 7) is 4.25. The van der Waals surface area contributed by atoms with Gasteiger partial charge in [-0.1, -0.05) is 23.2 Å². The number of hydrogen-bond donors (Lipinski definition) is 0. The molecule has 0 saturated carbocycles. The Morgan fingerprint density at radius 2 is 1.95 bits per heavy atom. The lowest BCUT2D eigenvalue weighted by molar-refractivity contribution is 0.103. The second-order valence-corrected chi connectivity index (χ2v) is 5.55. The van der Waals surface area contributed by atoms with Crippen LogP contribution in [-0.4, -0.2) is 12.4 Å². The van der Waals surface area contributed by atoms with Gasteiger partial charge in [-0.15, -0.1) is 0 Å². The van der Waals surface area contributed by atoms with Gasteiger partial charge >= 0.3 is 0 Å². The van der Waals surface area contributed by atoms with E-state index in [1.54, 1.807) is 12.1 Å². The summed E-state index contributed by atoms with van der Waals surface area (Å²) in [5.74, 6) is 0.376. The van der Waals surface area contributed by atoms with Gasteiger partial charge in [0.15, 0.2) is 5.78 Å². The van der Waals surface area contributed by atoms with E-state index in [4.69, 9.17) is 27.9 Å². The van der Waals surface area contributed by atoms with E-state index in [0.717, 1.165) is 5.56 Å². The third-order valence-corrected chi connectivity index (χ3v) is 4.14. The summed E-state index contributed by atoms with van der Waals surface area (Å²) in [4.78, 5) is 12.4. The fourth-order valence-corrected chi connectivity index (χ4v) is 2.99. The Morgan fingerprint density at radius 3 is 2.53 bits per heavy atom. The highest BCUT2D eigenvalue weighted by molar-refractivity contribution is 7.08. The Bertz CT molecular complexity index is 620. The lowest BCUT2D eigenvalue weighted by Gasteiger charge is -2.09. The maximum Gasteiger partial charge on any atom is 0.195 e. The van der Waals surface area contributed by atoms with Gasteiger partial charge in [-0.05, 0) is 30.9 Å². The number of aryl methyl sites for hydroxylation is 1. The molecule has 0 radical (unpaired) electrons. The molecule has 0 aliphatic heterocycles. The molecule has 0 amide bonds. The molecule has 0 saturated heterocycles. The standard InChI is InChI=1S/C14H12Cl2O2S/c1-3-18-13-5-11(15)9(4-12(13)16)14(17)10-7-19-6-8(10)2/h4-7H,3H2,1-2H3. The van der Waals surface area contributed by atoms with Gasteiger partial charge in [-0.3, -0.25) is 4.79 Å². The van der Waals surface area contributed by atoms with E-state index in [9.17, 15) is 4.79 Å². The van der Waals surface area contributed by atoms with Crippen LogP contribution < -0.4 is 4.74 Å². The van der Waals surface area contributed by atoms with E-state index in [0.29, 0.717) is 33.5 Å². The molecule has 1 heterocycles. The first-order valence-electron chi connectivity index (χ1n) is 5.74. The molecule has 5 heteroatoms. The number of rotatable bonds is 4. The summed E-state index contributed by atoms with van der Waals surface area (Å²) in [5, 5.41) is 4.49. The lowest BCUT2D eigenvalue weighted by Crippen LogP contribution is -2.03. The smallest absolute Gasteiger partial charge is 0.195 e. The van der Waals surface area contributed by atoms with E-state index in [1.165, 1.54) is 11.3 Å². The van der Waals surface area contributed by atoms with Crippen LogP contribution in [0.25, 0.3) is 0 Å². The van der Waals surface area contributed by atoms with E-state index < -0.39 is 0 Å². The number of carbonyl (C=O) groups excluding carboxylic acids is 1. The molecular weight excluding hydrogens is 303 g/mol. The second kappa shape index (κ2) is 5.95. The molecule has 1 aromatic carbocycles. The zero-order valence-corrected chi connectivity index (χ0v) is 12.8.